The number of nitriles is 1. The Balaban J connectivity index is 2.68. The van der Waals surface area contributed by atoms with Crippen molar-refractivity contribution in [2.24, 2.45) is 5.41 Å². The molecule has 1 atom stereocenters. The minimum atomic E-state index is -4.57. The molecule has 0 saturated carbocycles. The fourth-order valence-electron chi connectivity index (χ4n) is 2.52. The van der Waals surface area contributed by atoms with Crippen molar-refractivity contribution in [1.82, 2.24) is 10.6 Å². The number of rotatable bonds is 1. The summed E-state index contributed by atoms with van der Waals surface area (Å²) in [5.74, 6) is 0. The smallest absolute Gasteiger partial charge is 0.326 e. The second-order valence-electron chi connectivity index (χ2n) is 6.27. The second kappa shape index (κ2) is 5.61. The van der Waals surface area contributed by atoms with E-state index >= 15 is 0 Å². The molecule has 0 aliphatic carbocycles. The Kier molecular flexibility index (Phi) is 4.12. The van der Waals surface area contributed by atoms with Crippen molar-refractivity contribution in [2.75, 3.05) is 0 Å². The Labute approximate surface area is 132 Å². The van der Waals surface area contributed by atoms with Crippen LogP contribution in [0.3, 0.4) is 0 Å². The quantitative estimate of drug-likeness (QED) is 0.823. The van der Waals surface area contributed by atoms with E-state index in [9.17, 15) is 23.2 Å². The molecule has 4 nitrogen and oxygen atoms in total. The second-order valence-corrected chi connectivity index (χ2v) is 6.27. The predicted molar refractivity (Wildman–Crippen MR) is 77.9 cm³/mol. The summed E-state index contributed by atoms with van der Waals surface area (Å²) in [6.45, 7) is 5.33. The highest BCUT2D eigenvalue weighted by atomic mass is 19.4. The van der Waals surface area contributed by atoms with Gasteiger partial charge in [-0.25, -0.2) is 4.79 Å². The van der Waals surface area contributed by atoms with Crippen LogP contribution in [0, 0.1) is 16.7 Å². The summed E-state index contributed by atoms with van der Waals surface area (Å²) in [5.41, 5.74) is -1.20. The molecule has 0 spiro atoms. The SMILES string of the molecule is CC(C)(C)C1=C(C#N)[C@@H](c2ccccc2C(F)(F)F)NC(=O)N1. The lowest BCUT2D eigenvalue weighted by Crippen LogP contribution is -2.47. The van der Waals surface area contributed by atoms with Gasteiger partial charge in [-0.3, -0.25) is 0 Å². The molecule has 2 N–H and O–H groups in total. The van der Waals surface area contributed by atoms with Crippen LogP contribution in [0.2, 0.25) is 0 Å². The maximum atomic E-state index is 13.2. The van der Waals surface area contributed by atoms with E-state index in [0.29, 0.717) is 5.70 Å². The van der Waals surface area contributed by atoms with Crippen LogP contribution >= 0.6 is 0 Å². The first kappa shape index (κ1) is 16.9. The van der Waals surface area contributed by atoms with Gasteiger partial charge in [0.25, 0.3) is 0 Å². The van der Waals surface area contributed by atoms with E-state index in [1.54, 1.807) is 20.8 Å². The number of nitrogens with one attached hydrogen (secondary N) is 2. The van der Waals surface area contributed by atoms with E-state index in [4.69, 9.17) is 0 Å². The van der Waals surface area contributed by atoms with Gasteiger partial charge < -0.3 is 10.6 Å². The summed E-state index contributed by atoms with van der Waals surface area (Å²) >= 11 is 0. The molecule has 2 rings (SSSR count). The van der Waals surface area contributed by atoms with Gasteiger partial charge in [-0.15, -0.1) is 0 Å². The van der Waals surface area contributed by atoms with Crippen LogP contribution in [-0.2, 0) is 6.18 Å². The molecule has 1 aromatic rings. The molecule has 0 saturated heterocycles. The molecule has 2 amide bonds. The molecule has 23 heavy (non-hydrogen) atoms. The summed E-state index contributed by atoms with van der Waals surface area (Å²) in [7, 11) is 0. The zero-order chi connectivity index (χ0) is 17.4. The maximum Gasteiger partial charge on any atom is 0.416 e. The van der Waals surface area contributed by atoms with Gasteiger partial charge in [0.05, 0.1) is 23.2 Å². The van der Waals surface area contributed by atoms with E-state index in [-0.39, 0.29) is 11.1 Å². The van der Waals surface area contributed by atoms with Crippen molar-refractivity contribution >= 4 is 6.03 Å². The van der Waals surface area contributed by atoms with E-state index in [1.807, 2.05) is 6.07 Å². The Morgan fingerprint density at radius 3 is 2.30 bits per heavy atom. The highest BCUT2D eigenvalue weighted by Crippen LogP contribution is 2.39. The predicted octanol–water partition coefficient (Wildman–Crippen LogP) is 3.88. The van der Waals surface area contributed by atoms with E-state index in [0.717, 1.165) is 6.07 Å². The van der Waals surface area contributed by atoms with Gasteiger partial charge in [0, 0.05) is 11.1 Å². The average Bonchev–Trinajstić information content (AvgIpc) is 2.44. The molecule has 1 heterocycles. The summed E-state index contributed by atoms with van der Waals surface area (Å²) in [4.78, 5) is 11.9. The minimum Gasteiger partial charge on any atom is -0.326 e. The van der Waals surface area contributed by atoms with Crippen molar-refractivity contribution in [3.8, 4) is 6.07 Å². The molecule has 7 heteroatoms. The van der Waals surface area contributed by atoms with Gasteiger partial charge in [-0.2, -0.15) is 18.4 Å². The standard InChI is InChI=1S/C16H16F3N3O/c1-15(2,3)13-10(8-20)12(21-14(23)22-13)9-6-4-5-7-11(9)16(17,18)19/h4-7,12H,1-3H3,(H2,21,22,23)/t12-/m1/s1. The number of carbonyl (C=O) groups excluding carboxylic acids is 1. The topological polar surface area (TPSA) is 64.9 Å². The van der Waals surface area contributed by atoms with Gasteiger partial charge in [0.2, 0.25) is 0 Å². The Hall–Kier alpha value is -2.49. The first-order valence-electron chi connectivity index (χ1n) is 6.94. The van der Waals surface area contributed by atoms with Gasteiger partial charge in [0.1, 0.15) is 0 Å². The monoisotopic (exact) mass is 323 g/mol. The maximum absolute atomic E-state index is 13.2. The number of carbonyl (C=O) groups is 1. The molecule has 0 radical (unpaired) electrons. The Morgan fingerprint density at radius 1 is 1.17 bits per heavy atom. The number of amides is 2. The molecule has 0 bridgehead atoms. The van der Waals surface area contributed by atoms with Crippen LogP contribution in [-0.4, -0.2) is 6.03 Å². The van der Waals surface area contributed by atoms with Crippen LogP contribution in [0.5, 0.6) is 0 Å². The van der Waals surface area contributed by atoms with Crippen molar-refractivity contribution in [2.45, 2.75) is 33.0 Å². The summed E-state index contributed by atoms with van der Waals surface area (Å²) < 4.78 is 39.7. The number of benzene rings is 1. The van der Waals surface area contributed by atoms with Gasteiger partial charge >= 0.3 is 12.2 Å². The van der Waals surface area contributed by atoms with Crippen LogP contribution in [0.25, 0.3) is 0 Å². The van der Waals surface area contributed by atoms with E-state index in [2.05, 4.69) is 10.6 Å². The highest BCUT2D eigenvalue weighted by molar-refractivity contribution is 5.80. The molecule has 1 aromatic carbocycles. The molecule has 122 valence electrons. The average molecular weight is 323 g/mol. The normalized spacial score (nSPS) is 19.0. The lowest BCUT2D eigenvalue weighted by Gasteiger charge is -2.34. The van der Waals surface area contributed by atoms with Crippen LogP contribution in [0.1, 0.15) is 37.9 Å². The summed E-state index contributed by atoms with van der Waals surface area (Å²) in [6, 6.07) is 5.11. The first-order valence-corrected chi connectivity index (χ1v) is 6.94. The number of urea groups is 1. The minimum absolute atomic E-state index is 0.0776. The number of nitrogens with zero attached hydrogens (tertiary/aromatic N) is 1. The van der Waals surface area contributed by atoms with Gasteiger partial charge in [0.15, 0.2) is 0 Å². The lowest BCUT2D eigenvalue weighted by molar-refractivity contribution is -0.138. The molecular weight excluding hydrogens is 307 g/mol. The Morgan fingerprint density at radius 2 is 1.78 bits per heavy atom. The molecule has 0 fully saturated rings. The first-order chi connectivity index (χ1) is 10.6. The fraction of sp³-hybridized carbons (Fsp3) is 0.375. The molecule has 1 aliphatic heterocycles. The van der Waals surface area contributed by atoms with E-state index in [1.165, 1.54) is 18.2 Å². The number of hydrogen-bond acceptors (Lipinski definition) is 2. The number of halogens is 3. The summed E-state index contributed by atoms with van der Waals surface area (Å²) in [6.07, 6.45) is -4.57. The zero-order valence-corrected chi connectivity index (χ0v) is 12.9. The molecule has 0 aromatic heterocycles. The van der Waals surface area contributed by atoms with Crippen LogP contribution in [0.4, 0.5) is 18.0 Å². The van der Waals surface area contributed by atoms with Crippen molar-refractivity contribution in [1.29, 1.82) is 5.26 Å². The van der Waals surface area contributed by atoms with Crippen LogP contribution < -0.4 is 10.6 Å². The number of alkyl halides is 3. The van der Waals surface area contributed by atoms with Gasteiger partial charge in [-0.05, 0) is 11.6 Å². The van der Waals surface area contributed by atoms with Crippen LogP contribution in [0.15, 0.2) is 35.5 Å². The third kappa shape index (κ3) is 3.31. The van der Waals surface area contributed by atoms with E-state index < -0.39 is 29.2 Å². The number of hydrogen-bond donors (Lipinski definition) is 2. The van der Waals surface area contributed by atoms with Gasteiger partial charge in [-0.1, -0.05) is 39.0 Å². The lowest BCUT2D eigenvalue weighted by atomic mass is 9.83. The molecular formula is C16H16F3N3O. The highest BCUT2D eigenvalue weighted by Gasteiger charge is 2.39. The largest absolute Gasteiger partial charge is 0.416 e. The fourth-order valence-corrected chi connectivity index (χ4v) is 2.52. The number of allylic oxidation sites excluding steroid dienone is 1. The Bertz CT molecular complexity index is 709. The zero-order valence-electron chi connectivity index (χ0n) is 12.9. The molecule has 1 aliphatic rings. The van der Waals surface area contributed by atoms with Crippen molar-refractivity contribution in [3.05, 3.63) is 46.7 Å². The van der Waals surface area contributed by atoms with Crippen molar-refractivity contribution in [3.63, 3.8) is 0 Å². The third-order valence-corrected chi connectivity index (χ3v) is 3.52. The third-order valence-electron chi connectivity index (χ3n) is 3.52. The summed E-state index contributed by atoms with van der Waals surface area (Å²) in [5, 5.41) is 14.4. The molecule has 0 unspecified atom stereocenters. The van der Waals surface area contributed by atoms with Crippen molar-refractivity contribution < 1.29 is 18.0 Å².